The molecular formula is C14H20N2O3S. The molecular weight excluding hydrogens is 276 g/mol. The number of esters is 1. The Balaban J connectivity index is 1.87. The zero-order chi connectivity index (χ0) is 14.4. The predicted octanol–water partition coefficient (Wildman–Crippen LogP) is 1.47. The first kappa shape index (κ1) is 15.0. The number of carbonyl (C=O) groups is 2. The lowest BCUT2D eigenvalue weighted by molar-refractivity contribution is -0.145. The highest BCUT2D eigenvalue weighted by Crippen LogP contribution is 2.21. The molecule has 2 rings (SSSR count). The van der Waals surface area contributed by atoms with E-state index in [0.717, 1.165) is 30.8 Å². The minimum Gasteiger partial charge on any atom is -0.467 e. The van der Waals surface area contributed by atoms with Gasteiger partial charge in [-0.25, -0.2) is 4.79 Å². The van der Waals surface area contributed by atoms with Crippen LogP contribution >= 0.6 is 11.3 Å². The number of thiophene rings is 1. The molecule has 0 saturated carbocycles. The summed E-state index contributed by atoms with van der Waals surface area (Å²) in [6, 6.07) is 2.99. The maximum Gasteiger partial charge on any atom is 0.333 e. The Bertz CT molecular complexity index is 441. The molecule has 20 heavy (non-hydrogen) atoms. The highest BCUT2D eigenvalue weighted by molar-refractivity contribution is 7.10. The summed E-state index contributed by atoms with van der Waals surface area (Å²) in [4.78, 5) is 24.6. The second-order valence-electron chi connectivity index (χ2n) is 4.94. The van der Waals surface area contributed by atoms with Crippen LogP contribution in [0.25, 0.3) is 0 Å². The van der Waals surface area contributed by atoms with Crippen LogP contribution in [-0.4, -0.2) is 32.1 Å². The minimum atomic E-state index is -0.686. The first-order valence-corrected chi connectivity index (χ1v) is 7.70. The Kier molecular flexibility index (Phi) is 5.55. The Morgan fingerprint density at radius 2 is 2.45 bits per heavy atom. The van der Waals surface area contributed by atoms with Gasteiger partial charge in [-0.05, 0) is 43.3 Å². The van der Waals surface area contributed by atoms with E-state index in [-0.39, 0.29) is 5.91 Å². The van der Waals surface area contributed by atoms with Crippen molar-refractivity contribution in [1.29, 1.82) is 0 Å². The topological polar surface area (TPSA) is 67.4 Å². The zero-order valence-electron chi connectivity index (χ0n) is 11.6. The number of ether oxygens (including phenoxy) is 1. The Labute approximate surface area is 122 Å². The van der Waals surface area contributed by atoms with E-state index in [1.54, 1.807) is 0 Å². The van der Waals surface area contributed by atoms with Crippen molar-refractivity contribution in [2.24, 2.45) is 5.92 Å². The van der Waals surface area contributed by atoms with Crippen LogP contribution in [0.1, 0.15) is 30.2 Å². The molecule has 1 aromatic heterocycles. The smallest absolute Gasteiger partial charge is 0.333 e. The summed E-state index contributed by atoms with van der Waals surface area (Å²) in [7, 11) is 1.33. The third-order valence-electron chi connectivity index (χ3n) is 3.51. The molecule has 2 heterocycles. The van der Waals surface area contributed by atoms with Crippen LogP contribution in [0.2, 0.25) is 0 Å². The van der Waals surface area contributed by atoms with Gasteiger partial charge in [0.25, 0.3) is 0 Å². The number of hydrogen-bond acceptors (Lipinski definition) is 5. The molecule has 2 N–H and O–H groups in total. The third-order valence-corrected chi connectivity index (χ3v) is 4.45. The first-order valence-electron chi connectivity index (χ1n) is 6.82. The normalized spacial score (nSPS) is 19.6. The molecule has 6 heteroatoms. The van der Waals surface area contributed by atoms with Crippen LogP contribution in [0.4, 0.5) is 0 Å². The maximum absolute atomic E-state index is 12.0. The van der Waals surface area contributed by atoms with Gasteiger partial charge in [0.15, 0.2) is 6.04 Å². The van der Waals surface area contributed by atoms with Crippen LogP contribution in [0.5, 0.6) is 0 Å². The first-order chi connectivity index (χ1) is 9.70. The van der Waals surface area contributed by atoms with E-state index >= 15 is 0 Å². The van der Waals surface area contributed by atoms with Gasteiger partial charge in [-0.3, -0.25) is 4.79 Å². The van der Waals surface area contributed by atoms with E-state index in [4.69, 9.17) is 4.74 Å². The molecule has 0 aromatic carbocycles. The van der Waals surface area contributed by atoms with Crippen molar-refractivity contribution in [1.82, 2.24) is 10.6 Å². The number of methoxy groups -OCH3 is 1. The molecule has 2 unspecified atom stereocenters. The van der Waals surface area contributed by atoms with Gasteiger partial charge < -0.3 is 15.4 Å². The van der Waals surface area contributed by atoms with Crippen LogP contribution in [-0.2, 0) is 14.3 Å². The van der Waals surface area contributed by atoms with Crippen LogP contribution in [0.15, 0.2) is 17.5 Å². The number of nitrogens with one attached hydrogen (secondary N) is 2. The maximum atomic E-state index is 12.0. The molecule has 0 bridgehead atoms. The fraction of sp³-hybridized carbons (Fsp3) is 0.571. The van der Waals surface area contributed by atoms with Crippen molar-refractivity contribution >= 4 is 23.2 Å². The van der Waals surface area contributed by atoms with Gasteiger partial charge in [-0.15, -0.1) is 11.3 Å². The van der Waals surface area contributed by atoms with Crippen LogP contribution in [0, 0.1) is 5.92 Å². The molecule has 5 nitrogen and oxygen atoms in total. The van der Waals surface area contributed by atoms with Crippen molar-refractivity contribution in [2.45, 2.75) is 25.3 Å². The Hall–Kier alpha value is -1.40. The number of amides is 1. The largest absolute Gasteiger partial charge is 0.467 e. The second kappa shape index (κ2) is 7.40. The van der Waals surface area contributed by atoms with Crippen molar-refractivity contribution in [3.63, 3.8) is 0 Å². The van der Waals surface area contributed by atoms with Crippen molar-refractivity contribution in [3.05, 3.63) is 22.4 Å². The fourth-order valence-corrected chi connectivity index (χ4v) is 3.11. The van der Waals surface area contributed by atoms with E-state index < -0.39 is 12.0 Å². The summed E-state index contributed by atoms with van der Waals surface area (Å²) >= 11 is 1.43. The van der Waals surface area contributed by atoms with Gasteiger partial charge in [0.05, 0.1) is 7.11 Å². The van der Waals surface area contributed by atoms with E-state index in [1.165, 1.54) is 18.4 Å². The summed E-state index contributed by atoms with van der Waals surface area (Å²) in [5.74, 6) is 0.0445. The molecule has 1 aliphatic rings. The fourth-order valence-electron chi connectivity index (χ4n) is 2.35. The van der Waals surface area contributed by atoms with Crippen molar-refractivity contribution in [2.75, 3.05) is 20.2 Å². The third kappa shape index (κ3) is 4.05. The summed E-state index contributed by atoms with van der Waals surface area (Å²) in [6.07, 6.45) is 2.43. The van der Waals surface area contributed by atoms with E-state index in [0.29, 0.717) is 12.3 Å². The van der Waals surface area contributed by atoms with Gasteiger partial charge in [0.2, 0.25) is 5.91 Å². The number of rotatable bonds is 6. The van der Waals surface area contributed by atoms with E-state index in [2.05, 4.69) is 10.6 Å². The highest BCUT2D eigenvalue weighted by Gasteiger charge is 2.25. The average molecular weight is 296 g/mol. The van der Waals surface area contributed by atoms with E-state index in [1.807, 2.05) is 17.5 Å². The number of hydrogen-bond donors (Lipinski definition) is 2. The predicted molar refractivity (Wildman–Crippen MR) is 77.4 cm³/mol. The lowest BCUT2D eigenvalue weighted by Crippen LogP contribution is -2.34. The second-order valence-corrected chi connectivity index (χ2v) is 5.92. The van der Waals surface area contributed by atoms with Crippen LogP contribution in [0.3, 0.4) is 0 Å². The van der Waals surface area contributed by atoms with Crippen molar-refractivity contribution < 1.29 is 14.3 Å². The molecule has 1 aliphatic heterocycles. The molecule has 1 saturated heterocycles. The monoisotopic (exact) mass is 296 g/mol. The molecule has 110 valence electrons. The van der Waals surface area contributed by atoms with Crippen molar-refractivity contribution in [3.8, 4) is 0 Å². The molecule has 1 aromatic rings. The van der Waals surface area contributed by atoms with Gasteiger partial charge in [0, 0.05) is 11.3 Å². The highest BCUT2D eigenvalue weighted by atomic mass is 32.1. The number of carbonyl (C=O) groups excluding carboxylic acids is 2. The minimum absolute atomic E-state index is 0.0966. The standard InChI is InChI=1S/C14H20N2O3S/c1-19-14(18)13(11-3-2-8-20-11)16-12(17)5-4-10-6-7-15-9-10/h2-3,8,10,13,15H,4-7,9H2,1H3,(H,16,17). The van der Waals surface area contributed by atoms with Gasteiger partial charge in [-0.2, -0.15) is 0 Å². The SMILES string of the molecule is COC(=O)C(NC(=O)CCC1CCNC1)c1cccs1. The summed E-state index contributed by atoms with van der Waals surface area (Å²) in [5, 5.41) is 7.93. The van der Waals surface area contributed by atoms with E-state index in [9.17, 15) is 9.59 Å². The Morgan fingerprint density at radius 1 is 1.60 bits per heavy atom. The molecule has 2 atom stereocenters. The lowest BCUT2D eigenvalue weighted by atomic mass is 10.0. The molecule has 0 radical (unpaired) electrons. The molecule has 0 aliphatic carbocycles. The van der Waals surface area contributed by atoms with Gasteiger partial charge in [0.1, 0.15) is 0 Å². The summed E-state index contributed by atoms with van der Waals surface area (Å²) in [5.41, 5.74) is 0. The zero-order valence-corrected chi connectivity index (χ0v) is 12.4. The molecule has 1 amide bonds. The lowest BCUT2D eigenvalue weighted by Gasteiger charge is -2.15. The Morgan fingerprint density at radius 3 is 3.05 bits per heavy atom. The summed E-state index contributed by atoms with van der Waals surface area (Å²) < 4.78 is 4.76. The summed E-state index contributed by atoms with van der Waals surface area (Å²) in [6.45, 7) is 2.02. The van der Waals surface area contributed by atoms with Crippen LogP contribution < -0.4 is 10.6 Å². The molecule has 0 spiro atoms. The quantitative estimate of drug-likeness (QED) is 0.780. The molecule has 1 fully saturated rings. The van der Waals surface area contributed by atoms with Gasteiger partial charge >= 0.3 is 5.97 Å². The van der Waals surface area contributed by atoms with Gasteiger partial charge in [-0.1, -0.05) is 6.07 Å². The average Bonchev–Trinajstić information content (AvgIpc) is 3.14.